The molecule has 1 aliphatic heterocycles. The molecule has 1 unspecified atom stereocenters. The molecule has 0 saturated carbocycles. The minimum atomic E-state index is -4.54. The van der Waals surface area contributed by atoms with Gasteiger partial charge >= 0.3 is 6.18 Å². The van der Waals surface area contributed by atoms with Gasteiger partial charge in [0.25, 0.3) is 0 Å². The number of halogens is 4. The van der Waals surface area contributed by atoms with Gasteiger partial charge in [0.05, 0.1) is 0 Å². The Balaban J connectivity index is 2.34. The van der Waals surface area contributed by atoms with E-state index in [4.69, 9.17) is 0 Å². The van der Waals surface area contributed by atoms with Gasteiger partial charge in [-0.05, 0) is 30.6 Å². The van der Waals surface area contributed by atoms with Gasteiger partial charge in [-0.15, -0.1) is 0 Å². The first kappa shape index (κ1) is 17.1. The molecule has 1 fully saturated rings. The van der Waals surface area contributed by atoms with Crippen LogP contribution in [0.1, 0.15) is 18.4 Å². The highest BCUT2D eigenvalue weighted by molar-refractivity contribution is 7.91. The number of hydrogen-bond acceptors (Lipinski definition) is 2. The van der Waals surface area contributed by atoms with E-state index in [2.05, 4.69) is 4.99 Å². The average Bonchev–Trinajstić information content (AvgIpc) is 2.76. The van der Waals surface area contributed by atoms with Crippen molar-refractivity contribution in [1.82, 2.24) is 4.90 Å². The molecule has 1 heterocycles. The third kappa shape index (κ3) is 4.13. The summed E-state index contributed by atoms with van der Waals surface area (Å²) >= 11 is -2.27. The molecule has 0 aliphatic carbocycles. The minimum absolute atomic E-state index is 0.0290. The van der Waals surface area contributed by atoms with E-state index in [1.165, 1.54) is 6.92 Å². The summed E-state index contributed by atoms with van der Waals surface area (Å²) in [5.74, 6) is -1.40. The second-order valence-electron chi connectivity index (χ2n) is 5.23. The van der Waals surface area contributed by atoms with Gasteiger partial charge in [-0.2, -0.15) is 13.2 Å². The Labute approximate surface area is 129 Å². The van der Waals surface area contributed by atoms with Gasteiger partial charge in [-0.1, -0.05) is 0 Å². The molecule has 1 aromatic rings. The highest BCUT2D eigenvalue weighted by Crippen LogP contribution is 2.30. The Morgan fingerprint density at radius 3 is 2.59 bits per heavy atom. The molecule has 1 saturated heterocycles. The van der Waals surface area contributed by atoms with Crippen LogP contribution in [0.15, 0.2) is 22.0 Å². The van der Waals surface area contributed by atoms with Crippen LogP contribution in [0.3, 0.4) is 0 Å². The van der Waals surface area contributed by atoms with Crippen molar-refractivity contribution >= 4 is 22.7 Å². The van der Waals surface area contributed by atoms with Gasteiger partial charge in [-0.3, -0.25) is 0 Å². The second kappa shape index (κ2) is 6.45. The quantitative estimate of drug-likeness (QED) is 0.625. The summed E-state index contributed by atoms with van der Waals surface area (Å²) in [5, 5.41) is 0. The van der Waals surface area contributed by atoms with Crippen molar-refractivity contribution in [3.05, 3.63) is 23.5 Å². The third-order valence-corrected chi connectivity index (χ3v) is 4.89. The molecule has 0 bridgehead atoms. The van der Waals surface area contributed by atoms with Crippen molar-refractivity contribution in [2.45, 2.75) is 30.8 Å². The molecule has 3 nitrogen and oxygen atoms in total. The number of likely N-dealkylation sites (tertiary alicyclic amines) is 1. The molecule has 0 N–H and O–H groups in total. The maximum atomic E-state index is 14.0. The van der Waals surface area contributed by atoms with Crippen LogP contribution in [0.4, 0.5) is 23.2 Å². The SMILES string of the molecule is Cc1cc(F)c(/N=C2\CCCN2C)cc1[S+]([O-])CC(F)(F)F. The summed E-state index contributed by atoms with van der Waals surface area (Å²) in [7, 11) is 1.82. The molecule has 1 aromatic carbocycles. The molecule has 122 valence electrons. The standard InChI is InChI=1S/C14H16F4N2OS/c1-9-6-10(15)11(19-13-4-3-5-20(13)2)7-12(9)22(21)8-14(16,17)18/h6-7H,3-5,8H2,1-2H3/b19-13+. The summed E-state index contributed by atoms with van der Waals surface area (Å²) in [5.41, 5.74) is 0.156. The number of hydrogen-bond donors (Lipinski definition) is 0. The smallest absolute Gasteiger partial charge is 0.433 e. The normalized spacial score (nSPS) is 19.0. The van der Waals surface area contributed by atoms with E-state index in [1.54, 1.807) is 0 Å². The number of nitrogens with zero attached hydrogens (tertiary/aromatic N) is 2. The number of aryl methyl sites for hydroxylation is 1. The van der Waals surface area contributed by atoms with E-state index >= 15 is 0 Å². The highest BCUT2D eigenvalue weighted by Gasteiger charge is 2.36. The van der Waals surface area contributed by atoms with Crippen molar-refractivity contribution in [3.8, 4) is 0 Å². The van der Waals surface area contributed by atoms with Crippen LogP contribution in [-0.2, 0) is 11.2 Å². The number of amidine groups is 1. The molecule has 1 atom stereocenters. The first-order valence-corrected chi connectivity index (χ1v) is 8.03. The van der Waals surface area contributed by atoms with Gasteiger partial charge in [0.2, 0.25) is 5.75 Å². The van der Waals surface area contributed by atoms with Crippen LogP contribution in [0.25, 0.3) is 0 Å². The lowest BCUT2D eigenvalue weighted by Crippen LogP contribution is -2.23. The van der Waals surface area contributed by atoms with Crippen molar-refractivity contribution < 1.29 is 22.1 Å². The minimum Gasteiger partial charge on any atom is -0.611 e. The molecule has 0 spiro atoms. The lowest BCUT2D eigenvalue weighted by atomic mass is 10.2. The lowest BCUT2D eigenvalue weighted by molar-refractivity contribution is -0.106. The topological polar surface area (TPSA) is 38.7 Å². The number of aliphatic imine (C=N–C) groups is 1. The van der Waals surface area contributed by atoms with Gasteiger partial charge < -0.3 is 9.45 Å². The van der Waals surface area contributed by atoms with E-state index in [1.807, 2.05) is 11.9 Å². The maximum Gasteiger partial charge on any atom is 0.433 e. The molecule has 8 heteroatoms. The fourth-order valence-electron chi connectivity index (χ4n) is 2.27. The van der Waals surface area contributed by atoms with Crippen molar-refractivity contribution in [1.29, 1.82) is 0 Å². The van der Waals surface area contributed by atoms with Crippen molar-refractivity contribution in [2.24, 2.45) is 4.99 Å². The predicted molar refractivity (Wildman–Crippen MR) is 77.4 cm³/mol. The van der Waals surface area contributed by atoms with E-state index in [-0.39, 0.29) is 16.1 Å². The Bertz CT molecular complexity index is 589. The number of benzene rings is 1. The summed E-state index contributed by atoms with van der Waals surface area (Å²) in [6.07, 6.45) is -2.95. The first-order valence-electron chi connectivity index (χ1n) is 6.71. The Morgan fingerprint density at radius 2 is 2.05 bits per heavy atom. The number of rotatable bonds is 3. The molecule has 1 aliphatic rings. The zero-order chi connectivity index (χ0) is 16.5. The molecule has 0 amide bonds. The summed E-state index contributed by atoms with van der Waals surface area (Å²) in [4.78, 5) is 6.01. The van der Waals surface area contributed by atoms with Crippen molar-refractivity contribution in [3.63, 3.8) is 0 Å². The number of alkyl halides is 3. The first-order chi connectivity index (χ1) is 10.2. The molecule has 0 radical (unpaired) electrons. The summed E-state index contributed by atoms with van der Waals surface area (Å²) < 4.78 is 63.0. The van der Waals surface area contributed by atoms with E-state index in [0.717, 1.165) is 25.1 Å². The monoisotopic (exact) mass is 336 g/mol. The summed E-state index contributed by atoms with van der Waals surface area (Å²) in [6.45, 7) is 2.24. The molecule has 2 rings (SSSR count). The van der Waals surface area contributed by atoms with Crippen LogP contribution < -0.4 is 0 Å². The average molecular weight is 336 g/mol. The fraction of sp³-hybridized carbons (Fsp3) is 0.500. The van der Waals surface area contributed by atoms with Crippen LogP contribution >= 0.6 is 0 Å². The maximum absolute atomic E-state index is 14.0. The van der Waals surface area contributed by atoms with E-state index < -0.39 is 28.9 Å². The zero-order valence-corrected chi connectivity index (χ0v) is 13.0. The second-order valence-corrected chi connectivity index (χ2v) is 6.65. The lowest BCUT2D eigenvalue weighted by Gasteiger charge is -2.16. The van der Waals surface area contributed by atoms with E-state index in [9.17, 15) is 22.1 Å². The molecular formula is C14H16F4N2OS. The van der Waals surface area contributed by atoms with E-state index in [0.29, 0.717) is 12.3 Å². The summed E-state index contributed by atoms with van der Waals surface area (Å²) in [6, 6.07) is 2.24. The largest absolute Gasteiger partial charge is 0.611 e. The Kier molecular flexibility index (Phi) is 5.01. The van der Waals surface area contributed by atoms with Crippen LogP contribution in [0.5, 0.6) is 0 Å². The Hall–Kier alpha value is -1.28. The van der Waals surface area contributed by atoms with Crippen LogP contribution in [0, 0.1) is 12.7 Å². The third-order valence-electron chi connectivity index (χ3n) is 3.37. The van der Waals surface area contributed by atoms with Crippen LogP contribution in [0.2, 0.25) is 0 Å². The Morgan fingerprint density at radius 1 is 1.36 bits per heavy atom. The zero-order valence-electron chi connectivity index (χ0n) is 12.2. The van der Waals surface area contributed by atoms with Crippen LogP contribution in [-0.4, -0.2) is 40.8 Å². The van der Waals surface area contributed by atoms with Crippen molar-refractivity contribution in [2.75, 3.05) is 19.3 Å². The van der Waals surface area contributed by atoms with Gasteiger partial charge in [-0.25, -0.2) is 9.38 Å². The van der Waals surface area contributed by atoms with Gasteiger partial charge in [0.1, 0.15) is 17.3 Å². The highest BCUT2D eigenvalue weighted by atomic mass is 32.2. The molecule has 0 aromatic heterocycles. The van der Waals surface area contributed by atoms with Gasteiger partial charge in [0.15, 0.2) is 4.90 Å². The fourth-order valence-corrected chi connectivity index (χ4v) is 3.39. The molecule has 22 heavy (non-hydrogen) atoms. The molecular weight excluding hydrogens is 320 g/mol. The predicted octanol–water partition coefficient (Wildman–Crippen LogP) is 3.56. The van der Waals surface area contributed by atoms with Gasteiger partial charge in [0, 0.05) is 31.6 Å².